The molecule has 1 aromatic rings. The molecular formula is C14H22FNO3. The number of aliphatic hydroxyl groups excluding tert-OH is 1. The van der Waals surface area contributed by atoms with Crippen molar-refractivity contribution >= 4 is 0 Å². The van der Waals surface area contributed by atoms with Crippen molar-refractivity contribution in [2.45, 2.75) is 25.5 Å². The molecule has 2 N–H and O–H groups in total. The van der Waals surface area contributed by atoms with E-state index in [9.17, 15) is 9.50 Å². The van der Waals surface area contributed by atoms with Gasteiger partial charge in [-0.05, 0) is 37.6 Å². The van der Waals surface area contributed by atoms with Crippen molar-refractivity contribution in [2.75, 3.05) is 26.9 Å². The number of benzene rings is 1. The van der Waals surface area contributed by atoms with Crippen LogP contribution in [0.15, 0.2) is 24.3 Å². The van der Waals surface area contributed by atoms with Gasteiger partial charge in [-0.2, -0.15) is 0 Å². The molecule has 0 amide bonds. The molecule has 0 fully saturated rings. The number of methoxy groups -OCH3 is 1. The van der Waals surface area contributed by atoms with Crippen LogP contribution in [-0.2, 0) is 4.74 Å². The smallest absolute Gasteiger partial charge is 0.123 e. The Balaban J connectivity index is 2.17. The van der Waals surface area contributed by atoms with E-state index in [0.717, 1.165) is 6.42 Å². The van der Waals surface area contributed by atoms with Gasteiger partial charge in [0.15, 0.2) is 0 Å². The minimum Gasteiger partial charge on any atom is -0.491 e. The zero-order chi connectivity index (χ0) is 14.1. The van der Waals surface area contributed by atoms with Gasteiger partial charge in [0.05, 0.1) is 0 Å². The predicted octanol–water partition coefficient (Wildman–Crippen LogP) is 1.58. The van der Waals surface area contributed by atoms with Crippen LogP contribution in [-0.4, -0.2) is 44.1 Å². The van der Waals surface area contributed by atoms with Gasteiger partial charge in [0.1, 0.15) is 24.3 Å². The summed E-state index contributed by atoms with van der Waals surface area (Å²) in [5.74, 6) is 0.245. The fourth-order valence-corrected chi connectivity index (χ4v) is 1.52. The van der Waals surface area contributed by atoms with Crippen molar-refractivity contribution in [3.8, 4) is 5.75 Å². The summed E-state index contributed by atoms with van der Waals surface area (Å²) in [6, 6.07) is 6.01. The fraction of sp³-hybridized carbons (Fsp3) is 0.571. The van der Waals surface area contributed by atoms with Crippen LogP contribution in [0, 0.1) is 5.82 Å². The summed E-state index contributed by atoms with van der Waals surface area (Å²) >= 11 is 0. The van der Waals surface area contributed by atoms with Crippen LogP contribution < -0.4 is 10.1 Å². The first-order valence-electron chi connectivity index (χ1n) is 6.40. The largest absolute Gasteiger partial charge is 0.491 e. The Morgan fingerprint density at radius 2 is 2.00 bits per heavy atom. The second kappa shape index (κ2) is 8.85. The second-order valence-electron chi connectivity index (χ2n) is 4.51. The van der Waals surface area contributed by atoms with Crippen LogP contribution in [0.25, 0.3) is 0 Å². The van der Waals surface area contributed by atoms with E-state index in [1.165, 1.54) is 24.3 Å². The van der Waals surface area contributed by atoms with Gasteiger partial charge < -0.3 is 19.9 Å². The van der Waals surface area contributed by atoms with E-state index in [0.29, 0.717) is 18.9 Å². The lowest BCUT2D eigenvalue weighted by Crippen LogP contribution is -2.37. The molecule has 2 atom stereocenters. The standard InChI is InChI=1S/C14H22FNO3/c1-11(7-8-18-2)16-9-13(17)10-19-14-5-3-12(15)4-6-14/h3-6,11,13,16-17H,7-10H2,1-2H3. The first-order valence-corrected chi connectivity index (χ1v) is 6.40. The molecule has 0 aliphatic rings. The first kappa shape index (κ1) is 15.9. The number of rotatable bonds is 9. The molecule has 0 aliphatic carbocycles. The Kier molecular flexibility index (Phi) is 7.40. The fourth-order valence-electron chi connectivity index (χ4n) is 1.52. The van der Waals surface area contributed by atoms with Crippen LogP contribution in [0.4, 0.5) is 4.39 Å². The normalized spacial score (nSPS) is 14.1. The summed E-state index contributed by atoms with van der Waals surface area (Å²) in [5.41, 5.74) is 0. The number of halogens is 1. The van der Waals surface area contributed by atoms with Gasteiger partial charge in [-0.3, -0.25) is 0 Å². The summed E-state index contributed by atoms with van der Waals surface area (Å²) in [4.78, 5) is 0. The van der Waals surface area contributed by atoms with Gasteiger partial charge in [0, 0.05) is 26.3 Å². The van der Waals surface area contributed by atoms with E-state index in [2.05, 4.69) is 5.32 Å². The zero-order valence-corrected chi connectivity index (χ0v) is 11.4. The Bertz CT molecular complexity index is 345. The van der Waals surface area contributed by atoms with Crippen LogP contribution in [0.5, 0.6) is 5.75 Å². The highest BCUT2D eigenvalue weighted by molar-refractivity contribution is 5.22. The third-order valence-corrected chi connectivity index (χ3v) is 2.71. The number of nitrogens with one attached hydrogen (secondary N) is 1. The van der Waals surface area contributed by atoms with Crippen molar-refractivity contribution < 1.29 is 19.0 Å². The summed E-state index contributed by atoms with van der Waals surface area (Å²) in [7, 11) is 1.66. The number of hydrogen-bond donors (Lipinski definition) is 2. The molecule has 0 bridgehead atoms. The Hall–Kier alpha value is -1.17. The lowest BCUT2D eigenvalue weighted by atomic mass is 10.2. The number of aliphatic hydroxyl groups is 1. The van der Waals surface area contributed by atoms with Gasteiger partial charge in [-0.1, -0.05) is 0 Å². The summed E-state index contributed by atoms with van der Waals surface area (Å²) in [6.45, 7) is 3.35. The predicted molar refractivity (Wildman–Crippen MR) is 71.9 cm³/mol. The van der Waals surface area contributed by atoms with Crippen molar-refractivity contribution in [1.29, 1.82) is 0 Å². The minimum absolute atomic E-state index is 0.176. The van der Waals surface area contributed by atoms with Crippen molar-refractivity contribution in [3.05, 3.63) is 30.1 Å². The van der Waals surface area contributed by atoms with Crippen LogP contribution in [0.1, 0.15) is 13.3 Å². The van der Waals surface area contributed by atoms with Gasteiger partial charge in [0.25, 0.3) is 0 Å². The SMILES string of the molecule is COCCC(C)NCC(O)COc1ccc(F)cc1. The van der Waals surface area contributed by atoms with Crippen LogP contribution in [0.3, 0.4) is 0 Å². The monoisotopic (exact) mass is 271 g/mol. The summed E-state index contributed by atoms with van der Waals surface area (Å²) in [5, 5.41) is 12.9. The number of hydrogen-bond acceptors (Lipinski definition) is 4. The Labute approximate surface area is 113 Å². The molecular weight excluding hydrogens is 249 g/mol. The summed E-state index contributed by atoms with van der Waals surface area (Å²) in [6.07, 6.45) is 0.289. The molecule has 1 rings (SSSR count). The van der Waals surface area contributed by atoms with E-state index in [1.807, 2.05) is 6.92 Å². The van der Waals surface area contributed by atoms with E-state index >= 15 is 0 Å². The molecule has 0 aromatic heterocycles. The van der Waals surface area contributed by atoms with E-state index in [-0.39, 0.29) is 18.5 Å². The van der Waals surface area contributed by atoms with Gasteiger partial charge in [-0.15, -0.1) is 0 Å². The van der Waals surface area contributed by atoms with Gasteiger partial charge in [0.2, 0.25) is 0 Å². The average Bonchev–Trinajstić information content (AvgIpc) is 2.42. The van der Waals surface area contributed by atoms with Crippen LogP contribution >= 0.6 is 0 Å². The van der Waals surface area contributed by atoms with Gasteiger partial charge >= 0.3 is 0 Å². The van der Waals surface area contributed by atoms with Crippen LogP contribution in [0.2, 0.25) is 0 Å². The average molecular weight is 271 g/mol. The van der Waals surface area contributed by atoms with E-state index in [1.54, 1.807) is 7.11 Å². The summed E-state index contributed by atoms with van der Waals surface area (Å²) < 4.78 is 23.0. The minimum atomic E-state index is -0.602. The maximum absolute atomic E-state index is 12.7. The lowest BCUT2D eigenvalue weighted by molar-refractivity contribution is 0.102. The second-order valence-corrected chi connectivity index (χ2v) is 4.51. The molecule has 0 heterocycles. The molecule has 0 saturated heterocycles. The third-order valence-electron chi connectivity index (χ3n) is 2.71. The molecule has 0 radical (unpaired) electrons. The molecule has 0 spiro atoms. The number of ether oxygens (including phenoxy) is 2. The van der Waals surface area contributed by atoms with Crippen molar-refractivity contribution in [3.63, 3.8) is 0 Å². The molecule has 19 heavy (non-hydrogen) atoms. The van der Waals surface area contributed by atoms with E-state index in [4.69, 9.17) is 9.47 Å². The highest BCUT2D eigenvalue weighted by atomic mass is 19.1. The molecule has 2 unspecified atom stereocenters. The van der Waals surface area contributed by atoms with E-state index < -0.39 is 6.10 Å². The Morgan fingerprint density at radius 1 is 1.32 bits per heavy atom. The molecule has 108 valence electrons. The molecule has 0 aliphatic heterocycles. The molecule has 5 heteroatoms. The first-order chi connectivity index (χ1) is 9.11. The Morgan fingerprint density at radius 3 is 2.63 bits per heavy atom. The van der Waals surface area contributed by atoms with Gasteiger partial charge in [-0.25, -0.2) is 4.39 Å². The molecule has 0 saturated carbocycles. The molecule has 4 nitrogen and oxygen atoms in total. The third kappa shape index (κ3) is 7.10. The zero-order valence-electron chi connectivity index (χ0n) is 11.4. The lowest BCUT2D eigenvalue weighted by Gasteiger charge is -2.17. The highest BCUT2D eigenvalue weighted by Gasteiger charge is 2.08. The highest BCUT2D eigenvalue weighted by Crippen LogP contribution is 2.11. The van der Waals surface area contributed by atoms with Crippen molar-refractivity contribution in [1.82, 2.24) is 5.32 Å². The van der Waals surface area contributed by atoms with Crippen molar-refractivity contribution in [2.24, 2.45) is 0 Å². The topological polar surface area (TPSA) is 50.7 Å². The quantitative estimate of drug-likeness (QED) is 0.716. The maximum atomic E-state index is 12.7. The molecule has 1 aromatic carbocycles. The maximum Gasteiger partial charge on any atom is 0.123 e.